The van der Waals surface area contributed by atoms with Gasteiger partial charge in [-0.1, -0.05) is 0 Å². The fourth-order valence-corrected chi connectivity index (χ4v) is 1.61. The number of nitrogens with zero attached hydrogens (tertiary/aromatic N) is 3. The van der Waals surface area contributed by atoms with Crippen molar-refractivity contribution in [2.75, 3.05) is 5.73 Å². The van der Waals surface area contributed by atoms with Crippen molar-refractivity contribution < 1.29 is 18.0 Å². The van der Waals surface area contributed by atoms with Crippen LogP contribution >= 0.6 is 0 Å². The molecule has 0 aliphatic carbocycles. The van der Waals surface area contributed by atoms with Gasteiger partial charge in [-0.25, -0.2) is 9.97 Å². The quantitative estimate of drug-likeness (QED) is 0.855. The number of nitrogens with two attached hydrogens (primary N) is 1. The largest absolute Gasteiger partial charge is 0.418 e. The molecule has 0 aliphatic rings. The van der Waals surface area contributed by atoms with E-state index >= 15 is 0 Å². The summed E-state index contributed by atoms with van der Waals surface area (Å²) >= 11 is 0. The molecule has 0 aromatic carbocycles. The number of ketones is 1. The standard InChI is InChI=1S/C12H9F3N4O/c1-6(20)9-11(16)18-5-8(19-9)10-7(12(13,14)15)3-2-4-17-10/h2-5H,1H3,(H2,16,18). The van der Waals surface area contributed by atoms with E-state index in [1.165, 1.54) is 19.2 Å². The molecule has 8 heteroatoms. The molecule has 0 unspecified atom stereocenters. The predicted molar refractivity (Wildman–Crippen MR) is 64.7 cm³/mol. The van der Waals surface area contributed by atoms with Crippen molar-refractivity contribution in [2.45, 2.75) is 13.1 Å². The molecule has 0 saturated heterocycles. The predicted octanol–water partition coefficient (Wildman–Crippen LogP) is 2.34. The molecule has 0 atom stereocenters. The van der Waals surface area contributed by atoms with Crippen LogP contribution in [0.4, 0.5) is 19.0 Å². The van der Waals surface area contributed by atoms with E-state index in [4.69, 9.17) is 5.73 Å². The van der Waals surface area contributed by atoms with E-state index in [2.05, 4.69) is 15.0 Å². The topological polar surface area (TPSA) is 81.8 Å². The third-order valence-corrected chi connectivity index (χ3v) is 2.49. The second-order valence-corrected chi connectivity index (χ2v) is 3.94. The molecule has 2 heterocycles. The maximum Gasteiger partial charge on any atom is 0.418 e. The Labute approximate surface area is 111 Å². The third kappa shape index (κ3) is 2.58. The number of hydrogen-bond acceptors (Lipinski definition) is 5. The van der Waals surface area contributed by atoms with E-state index in [-0.39, 0.29) is 17.2 Å². The second-order valence-electron chi connectivity index (χ2n) is 3.94. The zero-order valence-corrected chi connectivity index (χ0v) is 10.3. The van der Waals surface area contributed by atoms with E-state index in [0.717, 1.165) is 12.3 Å². The number of pyridine rings is 1. The smallest absolute Gasteiger partial charge is 0.382 e. The van der Waals surface area contributed by atoms with Gasteiger partial charge in [0.05, 0.1) is 11.8 Å². The molecule has 0 bridgehead atoms. The highest BCUT2D eigenvalue weighted by Crippen LogP contribution is 2.35. The van der Waals surface area contributed by atoms with E-state index in [1.807, 2.05) is 0 Å². The molecule has 2 N–H and O–H groups in total. The molecule has 0 amide bonds. The van der Waals surface area contributed by atoms with Crippen LogP contribution < -0.4 is 5.73 Å². The lowest BCUT2D eigenvalue weighted by Gasteiger charge is -2.11. The number of carbonyl (C=O) groups excluding carboxylic acids is 1. The Morgan fingerprint density at radius 1 is 1.30 bits per heavy atom. The van der Waals surface area contributed by atoms with Gasteiger partial charge in [0.15, 0.2) is 11.6 Å². The van der Waals surface area contributed by atoms with Crippen LogP contribution in [-0.2, 0) is 6.18 Å². The monoisotopic (exact) mass is 282 g/mol. The molecule has 104 valence electrons. The van der Waals surface area contributed by atoms with Crippen molar-refractivity contribution in [1.29, 1.82) is 0 Å². The Bertz CT molecular complexity index is 670. The lowest BCUT2D eigenvalue weighted by Crippen LogP contribution is -2.11. The Kier molecular flexibility index (Phi) is 3.39. The van der Waals surface area contributed by atoms with Crippen molar-refractivity contribution in [1.82, 2.24) is 15.0 Å². The summed E-state index contributed by atoms with van der Waals surface area (Å²) in [6, 6.07) is 2.05. The van der Waals surface area contributed by atoms with E-state index in [9.17, 15) is 18.0 Å². The Hall–Kier alpha value is -2.51. The van der Waals surface area contributed by atoms with Gasteiger partial charge in [0, 0.05) is 13.1 Å². The van der Waals surface area contributed by atoms with Gasteiger partial charge in [-0.2, -0.15) is 13.2 Å². The first kappa shape index (κ1) is 13.9. The molecule has 0 aliphatic heterocycles. The second kappa shape index (κ2) is 4.87. The molecule has 20 heavy (non-hydrogen) atoms. The van der Waals surface area contributed by atoms with Crippen LogP contribution in [0.5, 0.6) is 0 Å². The summed E-state index contributed by atoms with van der Waals surface area (Å²) in [7, 11) is 0. The van der Waals surface area contributed by atoms with Gasteiger partial charge in [-0.05, 0) is 12.1 Å². The molecule has 0 spiro atoms. The van der Waals surface area contributed by atoms with Gasteiger partial charge in [0.2, 0.25) is 0 Å². The summed E-state index contributed by atoms with van der Waals surface area (Å²) in [5.74, 6) is -0.618. The van der Waals surface area contributed by atoms with Gasteiger partial charge in [-0.15, -0.1) is 0 Å². The van der Waals surface area contributed by atoms with Crippen molar-refractivity contribution in [3.8, 4) is 11.4 Å². The number of carbonyl (C=O) groups is 1. The summed E-state index contributed by atoms with van der Waals surface area (Å²) in [5.41, 5.74) is 3.78. The minimum Gasteiger partial charge on any atom is -0.382 e. The summed E-state index contributed by atoms with van der Waals surface area (Å²) in [4.78, 5) is 22.5. The van der Waals surface area contributed by atoms with Gasteiger partial charge in [0.25, 0.3) is 0 Å². The maximum atomic E-state index is 12.9. The van der Waals surface area contributed by atoms with Crippen molar-refractivity contribution in [3.63, 3.8) is 0 Å². The first-order valence-corrected chi connectivity index (χ1v) is 5.46. The number of hydrogen-bond donors (Lipinski definition) is 1. The molecule has 0 saturated carbocycles. The first-order valence-electron chi connectivity index (χ1n) is 5.46. The minimum absolute atomic E-state index is 0.134. The lowest BCUT2D eigenvalue weighted by molar-refractivity contribution is -0.137. The zero-order chi connectivity index (χ0) is 14.9. The number of anilines is 1. The van der Waals surface area contributed by atoms with Gasteiger partial charge in [0.1, 0.15) is 17.1 Å². The van der Waals surface area contributed by atoms with Crippen LogP contribution in [0.3, 0.4) is 0 Å². The van der Waals surface area contributed by atoms with Crippen LogP contribution in [0, 0.1) is 0 Å². The van der Waals surface area contributed by atoms with Crippen LogP contribution in [0.15, 0.2) is 24.5 Å². The highest BCUT2D eigenvalue weighted by atomic mass is 19.4. The number of alkyl halides is 3. The fourth-order valence-electron chi connectivity index (χ4n) is 1.61. The van der Waals surface area contributed by atoms with Crippen molar-refractivity contribution in [2.24, 2.45) is 0 Å². The third-order valence-electron chi connectivity index (χ3n) is 2.49. The average Bonchev–Trinajstić information content (AvgIpc) is 2.38. The van der Waals surface area contributed by atoms with E-state index in [1.54, 1.807) is 0 Å². The Morgan fingerprint density at radius 3 is 2.60 bits per heavy atom. The van der Waals surface area contributed by atoms with Crippen LogP contribution in [0.2, 0.25) is 0 Å². The normalized spacial score (nSPS) is 11.4. The highest BCUT2D eigenvalue weighted by molar-refractivity contribution is 5.96. The highest BCUT2D eigenvalue weighted by Gasteiger charge is 2.34. The number of nitrogen functional groups attached to an aromatic ring is 1. The van der Waals surface area contributed by atoms with E-state index in [0.29, 0.717) is 0 Å². The summed E-state index contributed by atoms with van der Waals surface area (Å²) in [5, 5.41) is 0. The lowest BCUT2D eigenvalue weighted by atomic mass is 10.1. The first-order chi connectivity index (χ1) is 9.30. The molecule has 2 rings (SSSR count). The number of Topliss-reactive ketones (excluding diaryl/α,β-unsaturated/α-hetero) is 1. The molecule has 0 radical (unpaired) electrons. The average molecular weight is 282 g/mol. The molecular weight excluding hydrogens is 273 g/mol. The van der Waals surface area contributed by atoms with Crippen LogP contribution in [0.25, 0.3) is 11.4 Å². The molecule has 2 aromatic heterocycles. The molecular formula is C12H9F3N4O. The molecule has 5 nitrogen and oxygen atoms in total. The Balaban J connectivity index is 2.64. The Morgan fingerprint density at radius 2 is 2.00 bits per heavy atom. The van der Waals surface area contributed by atoms with Crippen LogP contribution in [0.1, 0.15) is 23.0 Å². The molecule has 0 fully saturated rings. The van der Waals surface area contributed by atoms with Gasteiger partial charge >= 0.3 is 6.18 Å². The minimum atomic E-state index is -4.58. The number of aromatic nitrogens is 3. The molecule has 2 aromatic rings. The van der Waals surface area contributed by atoms with Crippen molar-refractivity contribution in [3.05, 3.63) is 35.8 Å². The summed E-state index contributed by atoms with van der Waals surface area (Å²) in [6.07, 6.45) is -2.32. The number of halogens is 3. The van der Waals surface area contributed by atoms with Gasteiger partial charge < -0.3 is 5.73 Å². The SMILES string of the molecule is CC(=O)c1nc(-c2ncccc2C(F)(F)F)cnc1N. The fraction of sp³-hybridized carbons (Fsp3) is 0.167. The zero-order valence-electron chi connectivity index (χ0n) is 10.3. The van der Waals surface area contributed by atoms with Crippen molar-refractivity contribution >= 4 is 11.6 Å². The van der Waals surface area contributed by atoms with Crippen LogP contribution in [-0.4, -0.2) is 20.7 Å². The van der Waals surface area contributed by atoms with Gasteiger partial charge in [-0.3, -0.25) is 9.78 Å². The summed E-state index contributed by atoms with van der Waals surface area (Å²) < 4.78 is 38.7. The number of rotatable bonds is 2. The maximum absolute atomic E-state index is 12.9. The summed E-state index contributed by atoms with van der Waals surface area (Å²) in [6.45, 7) is 1.20. The van der Waals surface area contributed by atoms with E-state index < -0.39 is 23.2 Å².